The maximum atomic E-state index is 9.79. The Morgan fingerprint density at radius 1 is 0.846 bits per heavy atom. The third-order valence-corrected chi connectivity index (χ3v) is 5.21. The van der Waals surface area contributed by atoms with Crippen molar-refractivity contribution in [3.8, 4) is 23.3 Å². The Labute approximate surface area is 164 Å². The number of halogens is 2. The van der Waals surface area contributed by atoms with E-state index in [9.17, 15) is 10.5 Å². The Hall–Kier alpha value is -2.70. The van der Waals surface area contributed by atoms with Gasteiger partial charge in [-0.1, -0.05) is 59.2 Å². The van der Waals surface area contributed by atoms with E-state index in [2.05, 4.69) is 11.1 Å². The van der Waals surface area contributed by atoms with Gasteiger partial charge in [0.25, 0.3) is 0 Å². The first-order valence-electron chi connectivity index (χ1n) is 7.37. The van der Waals surface area contributed by atoms with Crippen molar-refractivity contribution in [3.05, 3.63) is 69.7 Å². The summed E-state index contributed by atoms with van der Waals surface area (Å²) in [7, 11) is 0. The number of hydrogen-bond donors (Lipinski definition) is 1. The minimum absolute atomic E-state index is 0.0240. The fourth-order valence-electron chi connectivity index (χ4n) is 2.46. The standard InChI is InChI=1S/C19H10Cl2N4S/c20-14-7-4-8-15(21)17(14)16-12(9-22)18(24)25-19(13(16)10-23)26-11-5-2-1-3-6-11/h1-8H,(H2,24,25). The fourth-order valence-corrected chi connectivity index (χ4v) is 3.96. The summed E-state index contributed by atoms with van der Waals surface area (Å²) < 4.78 is 0. The van der Waals surface area contributed by atoms with E-state index in [1.165, 1.54) is 11.8 Å². The van der Waals surface area contributed by atoms with Gasteiger partial charge in [0.1, 0.15) is 28.5 Å². The quantitative estimate of drug-likeness (QED) is 0.628. The molecule has 2 aromatic carbocycles. The van der Waals surface area contributed by atoms with Gasteiger partial charge in [0.05, 0.1) is 5.56 Å². The smallest absolute Gasteiger partial charge is 0.143 e. The van der Waals surface area contributed by atoms with E-state index >= 15 is 0 Å². The van der Waals surface area contributed by atoms with Gasteiger partial charge in [-0.15, -0.1) is 0 Å². The van der Waals surface area contributed by atoms with Gasteiger partial charge in [-0.2, -0.15) is 10.5 Å². The Kier molecular flexibility index (Phi) is 5.35. The molecule has 0 aliphatic heterocycles. The number of benzene rings is 2. The molecule has 2 N–H and O–H groups in total. The lowest BCUT2D eigenvalue weighted by molar-refractivity contribution is 1.11. The number of rotatable bonds is 3. The summed E-state index contributed by atoms with van der Waals surface area (Å²) in [5, 5.41) is 20.4. The molecule has 3 rings (SSSR count). The highest BCUT2D eigenvalue weighted by Crippen LogP contribution is 2.43. The second-order valence-corrected chi connectivity index (χ2v) is 7.04. The van der Waals surface area contributed by atoms with Crippen LogP contribution in [0.1, 0.15) is 11.1 Å². The predicted molar refractivity (Wildman–Crippen MR) is 104 cm³/mol. The zero-order valence-corrected chi connectivity index (χ0v) is 15.5. The molecule has 0 aliphatic rings. The molecule has 0 aliphatic carbocycles. The largest absolute Gasteiger partial charge is 0.383 e. The number of nitrogens with two attached hydrogens (primary N) is 1. The summed E-state index contributed by atoms with van der Waals surface area (Å²) in [6, 6.07) is 18.6. The van der Waals surface area contributed by atoms with Crippen LogP contribution < -0.4 is 5.73 Å². The summed E-state index contributed by atoms with van der Waals surface area (Å²) >= 11 is 13.9. The lowest BCUT2D eigenvalue weighted by Crippen LogP contribution is -2.03. The van der Waals surface area contributed by atoms with Crippen LogP contribution in [-0.4, -0.2) is 4.98 Å². The number of nitrogens with zero attached hydrogens (tertiary/aromatic N) is 3. The molecular formula is C19H10Cl2N4S. The van der Waals surface area contributed by atoms with Gasteiger partial charge in [-0.25, -0.2) is 4.98 Å². The first kappa shape index (κ1) is 18.1. The molecule has 1 aromatic heterocycles. The number of anilines is 1. The molecule has 0 radical (unpaired) electrons. The molecule has 126 valence electrons. The van der Waals surface area contributed by atoms with Crippen LogP contribution >= 0.6 is 35.0 Å². The number of hydrogen-bond acceptors (Lipinski definition) is 5. The molecule has 1 heterocycles. The average molecular weight is 397 g/mol. The van der Waals surface area contributed by atoms with Crippen molar-refractivity contribution in [2.75, 3.05) is 5.73 Å². The summed E-state index contributed by atoms with van der Waals surface area (Å²) in [5.74, 6) is 0.0240. The van der Waals surface area contributed by atoms with Crippen LogP contribution in [0.5, 0.6) is 0 Å². The molecule has 7 heteroatoms. The Morgan fingerprint density at radius 3 is 2.04 bits per heavy atom. The highest BCUT2D eigenvalue weighted by atomic mass is 35.5. The van der Waals surface area contributed by atoms with Crippen molar-refractivity contribution in [2.24, 2.45) is 0 Å². The minimum atomic E-state index is 0.0240. The molecule has 0 amide bonds. The molecule has 26 heavy (non-hydrogen) atoms. The van der Waals surface area contributed by atoms with Gasteiger partial charge < -0.3 is 5.73 Å². The normalized spacial score (nSPS) is 10.2. The maximum Gasteiger partial charge on any atom is 0.143 e. The second-order valence-electron chi connectivity index (χ2n) is 5.16. The molecule has 0 bridgehead atoms. The lowest BCUT2D eigenvalue weighted by Gasteiger charge is -2.15. The van der Waals surface area contributed by atoms with Gasteiger partial charge in [0.2, 0.25) is 0 Å². The summed E-state index contributed by atoms with van der Waals surface area (Å²) in [4.78, 5) is 5.15. The van der Waals surface area contributed by atoms with Crippen LogP contribution in [0.3, 0.4) is 0 Å². The van der Waals surface area contributed by atoms with Crippen LogP contribution in [0, 0.1) is 22.7 Å². The van der Waals surface area contributed by atoms with Crippen molar-refractivity contribution in [2.45, 2.75) is 9.92 Å². The number of nitrogen functional groups attached to an aromatic ring is 1. The fraction of sp³-hybridized carbons (Fsp3) is 0. The molecular weight excluding hydrogens is 387 g/mol. The molecule has 0 atom stereocenters. The first-order chi connectivity index (χ1) is 12.6. The van der Waals surface area contributed by atoms with Crippen LogP contribution in [0.2, 0.25) is 10.0 Å². The van der Waals surface area contributed by atoms with Gasteiger partial charge in [-0.3, -0.25) is 0 Å². The number of pyridine rings is 1. The van der Waals surface area contributed by atoms with E-state index < -0.39 is 0 Å². The molecule has 0 saturated carbocycles. The van der Waals surface area contributed by atoms with Crippen molar-refractivity contribution < 1.29 is 0 Å². The second kappa shape index (κ2) is 7.68. The van der Waals surface area contributed by atoms with Crippen LogP contribution in [0.4, 0.5) is 5.82 Å². The van der Waals surface area contributed by atoms with Gasteiger partial charge in [0.15, 0.2) is 0 Å². The van der Waals surface area contributed by atoms with Gasteiger partial charge in [-0.05, 0) is 24.3 Å². The monoisotopic (exact) mass is 396 g/mol. The summed E-state index contributed by atoms with van der Waals surface area (Å²) in [6.07, 6.45) is 0. The molecule has 4 nitrogen and oxygen atoms in total. The van der Waals surface area contributed by atoms with E-state index in [1.54, 1.807) is 18.2 Å². The van der Waals surface area contributed by atoms with Crippen molar-refractivity contribution in [1.82, 2.24) is 4.98 Å². The zero-order valence-electron chi connectivity index (χ0n) is 13.2. The van der Waals surface area contributed by atoms with Gasteiger partial charge >= 0.3 is 0 Å². The van der Waals surface area contributed by atoms with Crippen LogP contribution in [0.15, 0.2) is 58.5 Å². The SMILES string of the molecule is N#Cc1c(N)nc(Sc2ccccc2)c(C#N)c1-c1c(Cl)cccc1Cl. The van der Waals surface area contributed by atoms with E-state index in [1.807, 2.05) is 36.4 Å². The maximum absolute atomic E-state index is 9.79. The summed E-state index contributed by atoms with van der Waals surface area (Å²) in [5.41, 5.74) is 6.99. The third kappa shape index (κ3) is 3.34. The number of aromatic nitrogens is 1. The molecule has 0 unspecified atom stereocenters. The molecule has 3 aromatic rings. The highest BCUT2D eigenvalue weighted by Gasteiger charge is 2.24. The van der Waals surface area contributed by atoms with Crippen molar-refractivity contribution in [1.29, 1.82) is 10.5 Å². The molecule has 0 fully saturated rings. The third-order valence-electron chi connectivity index (χ3n) is 3.59. The molecule has 0 saturated heterocycles. The zero-order chi connectivity index (χ0) is 18.7. The summed E-state index contributed by atoms with van der Waals surface area (Å²) in [6.45, 7) is 0. The van der Waals surface area contributed by atoms with Crippen LogP contribution in [-0.2, 0) is 0 Å². The highest BCUT2D eigenvalue weighted by molar-refractivity contribution is 7.99. The van der Waals surface area contributed by atoms with E-state index in [4.69, 9.17) is 28.9 Å². The minimum Gasteiger partial charge on any atom is -0.383 e. The van der Waals surface area contributed by atoms with E-state index in [0.717, 1.165) is 4.90 Å². The van der Waals surface area contributed by atoms with Crippen LogP contribution in [0.25, 0.3) is 11.1 Å². The molecule has 0 spiro atoms. The van der Waals surface area contributed by atoms with E-state index in [0.29, 0.717) is 26.2 Å². The predicted octanol–water partition coefficient (Wildman–Crippen LogP) is 5.53. The first-order valence-corrected chi connectivity index (χ1v) is 8.95. The topological polar surface area (TPSA) is 86.5 Å². The van der Waals surface area contributed by atoms with Gasteiger partial charge in [0, 0.05) is 26.1 Å². The van der Waals surface area contributed by atoms with Crippen molar-refractivity contribution in [3.63, 3.8) is 0 Å². The lowest BCUT2D eigenvalue weighted by atomic mass is 9.96. The van der Waals surface area contributed by atoms with E-state index in [-0.39, 0.29) is 16.9 Å². The Morgan fingerprint density at radius 2 is 1.46 bits per heavy atom. The number of nitriles is 2. The van der Waals surface area contributed by atoms with Crippen molar-refractivity contribution >= 4 is 40.8 Å². The average Bonchev–Trinajstić information content (AvgIpc) is 2.62. The Bertz CT molecular complexity index is 1050. The Balaban J connectivity index is 2.33.